The molecule has 5 heteroatoms. The first-order valence-corrected chi connectivity index (χ1v) is 5.75. The Hall–Kier alpha value is -1.88. The van der Waals surface area contributed by atoms with Gasteiger partial charge in [-0.15, -0.1) is 0 Å². The summed E-state index contributed by atoms with van der Waals surface area (Å²) in [5, 5.41) is 11.6. The van der Waals surface area contributed by atoms with Crippen molar-refractivity contribution in [2.75, 3.05) is 19.8 Å². The molecule has 0 aromatic heterocycles. The number of amides is 1. The number of aryl methyl sites for hydroxylation is 1. The van der Waals surface area contributed by atoms with Crippen LogP contribution in [-0.4, -0.2) is 36.7 Å². The number of benzene rings is 1. The summed E-state index contributed by atoms with van der Waals surface area (Å²) < 4.78 is 5.10. The van der Waals surface area contributed by atoms with Crippen LogP contribution in [0.5, 0.6) is 0 Å². The number of carbonyl (C=O) groups excluding carboxylic acids is 1. The molecule has 0 aliphatic rings. The highest BCUT2D eigenvalue weighted by atomic mass is 16.5. The van der Waals surface area contributed by atoms with Crippen LogP contribution >= 0.6 is 0 Å². The van der Waals surface area contributed by atoms with Gasteiger partial charge in [0, 0.05) is 18.7 Å². The number of ether oxygens (including phenoxy) is 1. The molecule has 98 valence electrons. The van der Waals surface area contributed by atoms with Crippen molar-refractivity contribution < 1.29 is 19.4 Å². The zero-order valence-electron chi connectivity index (χ0n) is 10.5. The van der Waals surface area contributed by atoms with Crippen molar-refractivity contribution in [2.45, 2.75) is 13.8 Å². The van der Waals surface area contributed by atoms with Crippen LogP contribution in [0.25, 0.3) is 0 Å². The first kappa shape index (κ1) is 14.2. The summed E-state index contributed by atoms with van der Waals surface area (Å²) in [4.78, 5) is 22.7. The number of carbonyl (C=O) groups is 2. The maximum absolute atomic E-state index is 11.8. The standard InChI is InChI=1S/C13H17NO4/c1-3-18-5-4-14-12(15)10-6-9(2)7-11(8-10)13(16)17/h6-8H,3-5H2,1-2H3,(H,14,15)(H,16,17). The van der Waals surface area contributed by atoms with Crippen LogP contribution in [0.3, 0.4) is 0 Å². The predicted molar refractivity (Wildman–Crippen MR) is 67.0 cm³/mol. The maximum Gasteiger partial charge on any atom is 0.335 e. The minimum absolute atomic E-state index is 0.116. The fraction of sp³-hybridized carbons (Fsp3) is 0.385. The van der Waals surface area contributed by atoms with Gasteiger partial charge in [0.2, 0.25) is 0 Å². The molecule has 0 unspecified atom stereocenters. The van der Waals surface area contributed by atoms with Crippen molar-refractivity contribution in [1.29, 1.82) is 0 Å². The van der Waals surface area contributed by atoms with Crippen LogP contribution in [0, 0.1) is 6.92 Å². The van der Waals surface area contributed by atoms with Crippen LogP contribution in [0.15, 0.2) is 18.2 Å². The minimum Gasteiger partial charge on any atom is -0.478 e. The molecule has 0 aliphatic heterocycles. The second-order valence-electron chi connectivity index (χ2n) is 3.85. The van der Waals surface area contributed by atoms with Crippen LogP contribution in [-0.2, 0) is 4.74 Å². The topological polar surface area (TPSA) is 75.6 Å². The molecule has 1 amide bonds. The number of hydrogen-bond acceptors (Lipinski definition) is 3. The minimum atomic E-state index is -1.04. The van der Waals surface area contributed by atoms with E-state index in [4.69, 9.17) is 9.84 Å². The van der Waals surface area contributed by atoms with Crippen molar-refractivity contribution in [1.82, 2.24) is 5.32 Å². The second-order valence-corrected chi connectivity index (χ2v) is 3.85. The number of hydrogen-bond donors (Lipinski definition) is 2. The van der Waals surface area contributed by atoms with Gasteiger partial charge in [-0.3, -0.25) is 4.79 Å². The first-order chi connectivity index (χ1) is 8.54. The molecule has 2 N–H and O–H groups in total. The highest BCUT2D eigenvalue weighted by Crippen LogP contribution is 2.09. The van der Waals surface area contributed by atoms with E-state index < -0.39 is 5.97 Å². The fourth-order valence-electron chi connectivity index (χ4n) is 1.52. The summed E-state index contributed by atoms with van der Waals surface area (Å²) in [5.74, 6) is -1.33. The van der Waals surface area contributed by atoms with Gasteiger partial charge in [-0.2, -0.15) is 0 Å². The van der Waals surface area contributed by atoms with E-state index in [2.05, 4.69) is 5.32 Å². The van der Waals surface area contributed by atoms with Crippen molar-refractivity contribution in [3.8, 4) is 0 Å². The summed E-state index contributed by atoms with van der Waals surface area (Å²) >= 11 is 0. The predicted octanol–water partition coefficient (Wildman–Crippen LogP) is 1.46. The zero-order chi connectivity index (χ0) is 13.5. The summed E-state index contributed by atoms with van der Waals surface area (Å²) in [6.07, 6.45) is 0. The quantitative estimate of drug-likeness (QED) is 0.750. The third-order valence-corrected chi connectivity index (χ3v) is 2.32. The Morgan fingerprint density at radius 1 is 1.28 bits per heavy atom. The largest absolute Gasteiger partial charge is 0.478 e. The lowest BCUT2D eigenvalue weighted by Crippen LogP contribution is -2.27. The molecule has 5 nitrogen and oxygen atoms in total. The van der Waals surface area contributed by atoms with Gasteiger partial charge in [0.25, 0.3) is 5.91 Å². The Bertz CT molecular complexity index is 443. The Balaban J connectivity index is 2.70. The lowest BCUT2D eigenvalue weighted by molar-refractivity contribution is 0.0696. The Morgan fingerprint density at radius 2 is 1.94 bits per heavy atom. The van der Waals surface area contributed by atoms with Gasteiger partial charge in [0.15, 0.2) is 0 Å². The van der Waals surface area contributed by atoms with Gasteiger partial charge >= 0.3 is 5.97 Å². The van der Waals surface area contributed by atoms with Crippen LogP contribution < -0.4 is 5.32 Å². The molecule has 0 heterocycles. The number of rotatable bonds is 6. The maximum atomic E-state index is 11.8. The molecule has 0 saturated heterocycles. The SMILES string of the molecule is CCOCCNC(=O)c1cc(C)cc(C(=O)O)c1. The monoisotopic (exact) mass is 251 g/mol. The number of carboxylic acids is 1. The van der Waals surface area contributed by atoms with E-state index >= 15 is 0 Å². The molecule has 0 spiro atoms. The van der Waals surface area contributed by atoms with Gasteiger partial charge in [-0.1, -0.05) is 0 Å². The van der Waals surface area contributed by atoms with Crippen LogP contribution in [0.1, 0.15) is 33.2 Å². The van der Waals surface area contributed by atoms with Crippen LogP contribution in [0.4, 0.5) is 0 Å². The first-order valence-electron chi connectivity index (χ1n) is 5.75. The molecule has 0 saturated carbocycles. The molecular formula is C13H17NO4. The molecular weight excluding hydrogens is 234 g/mol. The van der Waals surface area contributed by atoms with Crippen molar-refractivity contribution in [2.24, 2.45) is 0 Å². The highest BCUT2D eigenvalue weighted by Gasteiger charge is 2.10. The molecule has 1 aromatic rings. The lowest BCUT2D eigenvalue weighted by atomic mass is 10.1. The van der Waals surface area contributed by atoms with Gasteiger partial charge in [0.05, 0.1) is 12.2 Å². The Morgan fingerprint density at radius 3 is 2.56 bits per heavy atom. The van der Waals surface area contributed by atoms with E-state index in [1.807, 2.05) is 6.92 Å². The van der Waals surface area contributed by atoms with Gasteiger partial charge < -0.3 is 15.2 Å². The summed E-state index contributed by atoms with van der Waals surface area (Å²) in [5.41, 5.74) is 1.21. The van der Waals surface area contributed by atoms with E-state index in [0.29, 0.717) is 25.3 Å². The van der Waals surface area contributed by atoms with E-state index in [-0.39, 0.29) is 11.5 Å². The number of nitrogens with one attached hydrogen (secondary N) is 1. The summed E-state index contributed by atoms with van der Waals surface area (Å²) in [6, 6.07) is 4.55. The molecule has 1 rings (SSSR count). The van der Waals surface area contributed by atoms with E-state index in [1.54, 1.807) is 13.0 Å². The normalized spacial score (nSPS) is 10.1. The molecule has 0 radical (unpaired) electrons. The lowest BCUT2D eigenvalue weighted by Gasteiger charge is -2.07. The average molecular weight is 251 g/mol. The van der Waals surface area contributed by atoms with Gasteiger partial charge in [0.1, 0.15) is 0 Å². The number of aromatic carboxylic acids is 1. The molecule has 0 atom stereocenters. The van der Waals surface area contributed by atoms with Crippen molar-refractivity contribution >= 4 is 11.9 Å². The fourth-order valence-corrected chi connectivity index (χ4v) is 1.52. The number of carboxylic acid groups (broad SMARTS) is 1. The molecule has 1 aromatic carbocycles. The second kappa shape index (κ2) is 6.76. The molecule has 18 heavy (non-hydrogen) atoms. The molecule has 0 fully saturated rings. The van der Waals surface area contributed by atoms with E-state index in [1.165, 1.54) is 12.1 Å². The Kier molecular flexibility index (Phi) is 5.32. The summed E-state index contributed by atoms with van der Waals surface area (Å²) in [7, 11) is 0. The Labute approximate surface area is 106 Å². The average Bonchev–Trinajstić information content (AvgIpc) is 2.33. The third-order valence-electron chi connectivity index (χ3n) is 2.32. The van der Waals surface area contributed by atoms with Gasteiger partial charge in [-0.25, -0.2) is 4.79 Å². The third kappa shape index (κ3) is 4.18. The zero-order valence-corrected chi connectivity index (χ0v) is 10.5. The smallest absolute Gasteiger partial charge is 0.335 e. The van der Waals surface area contributed by atoms with E-state index in [9.17, 15) is 9.59 Å². The van der Waals surface area contributed by atoms with Crippen molar-refractivity contribution in [3.05, 3.63) is 34.9 Å². The van der Waals surface area contributed by atoms with E-state index in [0.717, 1.165) is 5.56 Å². The highest BCUT2D eigenvalue weighted by molar-refractivity contribution is 5.97. The molecule has 0 bridgehead atoms. The summed E-state index contributed by atoms with van der Waals surface area (Å²) in [6.45, 7) is 5.08. The van der Waals surface area contributed by atoms with Gasteiger partial charge in [-0.05, 0) is 37.6 Å². The molecule has 0 aliphatic carbocycles. The van der Waals surface area contributed by atoms with Crippen LogP contribution in [0.2, 0.25) is 0 Å². The van der Waals surface area contributed by atoms with Crippen molar-refractivity contribution in [3.63, 3.8) is 0 Å².